The molecule has 1 amide bonds. The molecule has 3 atom stereocenters. The zero-order valence-corrected chi connectivity index (χ0v) is 20.8. The number of nitrogens with zero attached hydrogens (tertiary/aromatic N) is 5. The van der Waals surface area contributed by atoms with Gasteiger partial charge in [-0.05, 0) is 43.9 Å². The van der Waals surface area contributed by atoms with Gasteiger partial charge in [0.2, 0.25) is 0 Å². The summed E-state index contributed by atoms with van der Waals surface area (Å²) in [6.07, 6.45) is 10.9. The fourth-order valence-corrected chi connectivity index (χ4v) is 5.27. The maximum Gasteiger partial charge on any atom is 0.274 e. The van der Waals surface area contributed by atoms with Crippen molar-refractivity contribution < 1.29 is 14.3 Å². The highest BCUT2D eigenvalue weighted by molar-refractivity contribution is 6.04. The first-order chi connectivity index (χ1) is 17.7. The highest BCUT2D eigenvalue weighted by Crippen LogP contribution is 2.37. The highest BCUT2D eigenvalue weighted by atomic mass is 16.5. The second-order valence-corrected chi connectivity index (χ2v) is 9.34. The Kier molecular flexibility index (Phi) is 7.41. The van der Waals surface area contributed by atoms with Gasteiger partial charge in [-0.25, -0.2) is 15.0 Å². The number of aliphatic imine (C=N–C) groups is 1. The van der Waals surface area contributed by atoms with Gasteiger partial charge >= 0.3 is 0 Å². The van der Waals surface area contributed by atoms with E-state index in [0.717, 1.165) is 57.5 Å². The molecule has 10 nitrogen and oxygen atoms in total. The summed E-state index contributed by atoms with van der Waals surface area (Å²) >= 11 is 0. The van der Waals surface area contributed by atoms with Crippen molar-refractivity contribution in [2.45, 2.75) is 37.6 Å². The molecule has 2 fully saturated rings. The van der Waals surface area contributed by atoms with Crippen LogP contribution in [0.2, 0.25) is 0 Å². The first kappa shape index (κ1) is 24.2. The molecule has 0 bridgehead atoms. The Balaban J connectivity index is 1.29. The zero-order chi connectivity index (χ0) is 24.9. The van der Waals surface area contributed by atoms with Crippen molar-refractivity contribution in [3.8, 4) is 0 Å². The third-order valence-electron chi connectivity index (χ3n) is 7.20. The van der Waals surface area contributed by atoms with Crippen molar-refractivity contribution in [3.63, 3.8) is 0 Å². The van der Waals surface area contributed by atoms with Crippen molar-refractivity contribution >= 4 is 23.2 Å². The Morgan fingerprint density at radius 3 is 2.72 bits per heavy atom. The molecule has 1 aliphatic carbocycles. The first-order valence-corrected chi connectivity index (χ1v) is 12.6. The molecule has 1 saturated carbocycles. The van der Waals surface area contributed by atoms with Crippen LogP contribution in [-0.2, 0) is 9.47 Å². The van der Waals surface area contributed by atoms with Gasteiger partial charge in [0.1, 0.15) is 11.5 Å². The van der Waals surface area contributed by atoms with E-state index in [1.54, 1.807) is 38.9 Å². The van der Waals surface area contributed by atoms with E-state index in [-0.39, 0.29) is 17.9 Å². The normalized spacial score (nSPS) is 24.1. The summed E-state index contributed by atoms with van der Waals surface area (Å²) in [5.41, 5.74) is 2.02. The summed E-state index contributed by atoms with van der Waals surface area (Å²) in [7, 11) is 3.26. The minimum absolute atomic E-state index is 0.157. The second kappa shape index (κ2) is 11.0. The van der Waals surface area contributed by atoms with Gasteiger partial charge in [0, 0.05) is 50.4 Å². The predicted octanol–water partition coefficient (Wildman–Crippen LogP) is 2.76. The van der Waals surface area contributed by atoms with Gasteiger partial charge in [0.15, 0.2) is 5.76 Å². The number of fused-ring (bicyclic) bond motifs is 1. The van der Waals surface area contributed by atoms with Crippen LogP contribution in [0.25, 0.3) is 0 Å². The van der Waals surface area contributed by atoms with Gasteiger partial charge < -0.3 is 25.0 Å². The van der Waals surface area contributed by atoms with E-state index >= 15 is 0 Å². The Labute approximate surface area is 211 Å². The summed E-state index contributed by atoms with van der Waals surface area (Å²) in [5, 5.41) is 6.38. The molecule has 3 unspecified atom stereocenters. The first-order valence-electron chi connectivity index (χ1n) is 12.6. The van der Waals surface area contributed by atoms with Gasteiger partial charge in [0.25, 0.3) is 11.8 Å². The maximum atomic E-state index is 13.2. The number of carbonyl (C=O) groups is 1. The van der Waals surface area contributed by atoms with Crippen molar-refractivity contribution in [3.05, 3.63) is 54.1 Å². The monoisotopic (exact) mass is 491 g/mol. The van der Waals surface area contributed by atoms with E-state index in [4.69, 9.17) is 14.5 Å². The average molecular weight is 492 g/mol. The molecule has 4 heterocycles. The number of hydrogen-bond acceptors (Lipinski definition) is 9. The van der Waals surface area contributed by atoms with E-state index < -0.39 is 0 Å². The molecule has 2 N–H and O–H groups in total. The number of rotatable bonds is 5. The molecule has 3 aliphatic rings. The minimum atomic E-state index is -0.257. The van der Waals surface area contributed by atoms with E-state index in [1.165, 1.54) is 0 Å². The quantitative estimate of drug-likeness (QED) is 0.656. The summed E-state index contributed by atoms with van der Waals surface area (Å²) in [4.78, 5) is 33.7. The highest BCUT2D eigenvalue weighted by Gasteiger charge is 2.32. The Hall–Kier alpha value is -3.53. The average Bonchev–Trinajstić information content (AvgIpc) is 3.15. The third kappa shape index (κ3) is 5.18. The Morgan fingerprint density at radius 2 is 1.92 bits per heavy atom. The van der Waals surface area contributed by atoms with Crippen LogP contribution in [0, 0.1) is 5.92 Å². The van der Waals surface area contributed by atoms with Gasteiger partial charge in [-0.15, -0.1) is 0 Å². The molecule has 190 valence electrons. The summed E-state index contributed by atoms with van der Waals surface area (Å²) in [6.45, 7) is 3.58. The van der Waals surface area contributed by atoms with Gasteiger partial charge in [-0.1, -0.05) is 0 Å². The lowest BCUT2D eigenvalue weighted by Crippen LogP contribution is -2.43. The lowest BCUT2D eigenvalue weighted by molar-refractivity contribution is 0.102. The number of carbonyl (C=O) groups excluding carboxylic acids is 1. The van der Waals surface area contributed by atoms with Crippen molar-refractivity contribution in [2.75, 3.05) is 50.6 Å². The number of methoxy groups -OCH3 is 2. The van der Waals surface area contributed by atoms with Crippen LogP contribution in [0.15, 0.2) is 47.6 Å². The van der Waals surface area contributed by atoms with Crippen molar-refractivity contribution in [2.24, 2.45) is 10.9 Å². The lowest BCUT2D eigenvalue weighted by Gasteiger charge is -2.30. The van der Waals surface area contributed by atoms with E-state index in [0.29, 0.717) is 34.8 Å². The van der Waals surface area contributed by atoms with Crippen LogP contribution in [-0.4, -0.2) is 73.2 Å². The Morgan fingerprint density at radius 1 is 1.08 bits per heavy atom. The molecular formula is C26H33N7O3. The number of amides is 1. The van der Waals surface area contributed by atoms with Crippen LogP contribution in [0.4, 0.5) is 11.4 Å². The van der Waals surface area contributed by atoms with Crippen LogP contribution < -0.4 is 15.5 Å². The molecule has 10 heteroatoms. The van der Waals surface area contributed by atoms with Crippen molar-refractivity contribution in [1.29, 1.82) is 0 Å². The number of dihydropyridines is 1. The van der Waals surface area contributed by atoms with Gasteiger partial charge in [-0.3, -0.25) is 9.78 Å². The number of nitrogens with one attached hydrogen (secondary N) is 2. The number of aromatic nitrogens is 3. The van der Waals surface area contributed by atoms with Gasteiger partial charge in [-0.2, -0.15) is 0 Å². The largest absolute Gasteiger partial charge is 0.491 e. The predicted molar refractivity (Wildman–Crippen MR) is 137 cm³/mol. The van der Waals surface area contributed by atoms with E-state index in [1.807, 2.05) is 6.07 Å². The molecule has 0 radical (unpaired) electrons. The molecule has 36 heavy (non-hydrogen) atoms. The molecule has 2 aromatic rings. The molecular weight excluding hydrogens is 458 g/mol. The SMILES string of the molecule is COC1=CC2CCC(c3nccc(C(=O)Nc4cnccc4N4CCNCC4)n3)CCC2N=C1OC. The third-order valence-corrected chi connectivity index (χ3v) is 7.20. The fraction of sp³-hybridized carbons (Fsp3) is 0.500. The summed E-state index contributed by atoms with van der Waals surface area (Å²) in [5.74, 6) is 2.17. The van der Waals surface area contributed by atoms with Crippen LogP contribution >= 0.6 is 0 Å². The molecule has 2 aliphatic heterocycles. The maximum absolute atomic E-state index is 13.2. The smallest absolute Gasteiger partial charge is 0.274 e. The fourth-order valence-electron chi connectivity index (χ4n) is 5.27. The topological polar surface area (TPSA) is 114 Å². The summed E-state index contributed by atoms with van der Waals surface area (Å²) in [6, 6.07) is 3.77. The minimum Gasteiger partial charge on any atom is -0.491 e. The van der Waals surface area contributed by atoms with E-state index in [2.05, 4.69) is 36.6 Å². The number of hydrogen-bond donors (Lipinski definition) is 2. The lowest BCUT2D eigenvalue weighted by atomic mass is 9.92. The standard InChI is InChI=1S/C26H33N7O3/c1-35-23-15-18-4-3-17(5-6-19(18)32-26(23)36-2)24-29-10-7-20(30-24)25(34)31-21-16-28-9-8-22(21)33-13-11-27-12-14-33/h7-10,15-19,27H,3-6,11-14H2,1-2H3,(H,31,34). The van der Waals surface area contributed by atoms with Gasteiger partial charge in [0.05, 0.1) is 37.8 Å². The number of piperazine rings is 1. The summed E-state index contributed by atoms with van der Waals surface area (Å²) < 4.78 is 10.9. The van der Waals surface area contributed by atoms with Crippen LogP contribution in [0.1, 0.15) is 47.9 Å². The second-order valence-electron chi connectivity index (χ2n) is 9.34. The molecule has 5 rings (SSSR count). The molecule has 2 aromatic heterocycles. The molecule has 0 aromatic carbocycles. The van der Waals surface area contributed by atoms with Crippen LogP contribution in [0.3, 0.4) is 0 Å². The molecule has 0 spiro atoms. The van der Waals surface area contributed by atoms with Crippen LogP contribution in [0.5, 0.6) is 0 Å². The number of anilines is 2. The molecule has 1 saturated heterocycles. The van der Waals surface area contributed by atoms with Crippen molar-refractivity contribution in [1.82, 2.24) is 20.3 Å². The Bertz CT molecular complexity index is 1120. The number of pyridine rings is 1. The van der Waals surface area contributed by atoms with E-state index in [9.17, 15) is 4.79 Å². The number of ether oxygens (including phenoxy) is 2. The zero-order valence-electron chi connectivity index (χ0n) is 20.8.